The highest BCUT2D eigenvalue weighted by molar-refractivity contribution is 7.07. The van der Waals surface area contributed by atoms with Gasteiger partial charge in [-0.15, -0.1) is 0 Å². The van der Waals surface area contributed by atoms with Gasteiger partial charge in [0.15, 0.2) is 0 Å². The van der Waals surface area contributed by atoms with Crippen LogP contribution in [0.1, 0.15) is 27.8 Å². The van der Waals surface area contributed by atoms with Crippen molar-refractivity contribution in [1.29, 1.82) is 0 Å². The molecule has 0 saturated heterocycles. The molecule has 0 bridgehead atoms. The fourth-order valence-corrected chi connectivity index (χ4v) is 2.91. The highest BCUT2D eigenvalue weighted by Crippen LogP contribution is 2.09. The van der Waals surface area contributed by atoms with E-state index >= 15 is 0 Å². The lowest BCUT2D eigenvalue weighted by molar-refractivity contribution is 0.414. The second kappa shape index (κ2) is 15.0. The zero-order valence-electron chi connectivity index (χ0n) is 19.4. The van der Waals surface area contributed by atoms with Crippen LogP contribution >= 0.6 is 11.3 Å². The molecule has 0 unspecified atom stereocenters. The van der Waals surface area contributed by atoms with Gasteiger partial charge in [0.05, 0.1) is 7.11 Å². The Balaban J connectivity index is 0.000000208. The molecule has 3 aromatic carbocycles. The van der Waals surface area contributed by atoms with Crippen molar-refractivity contribution in [3.63, 3.8) is 0 Å². The molecule has 0 radical (unpaired) electrons. The quantitative estimate of drug-likeness (QED) is 0.291. The lowest BCUT2D eigenvalue weighted by atomic mass is 10.2. The van der Waals surface area contributed by atoms with Crippen LogP contribution in [0.25, 0.3) is 0 Å². The van der Waals surface area contributed by atoms with Crippen molar-refractivity contribution in [3.8, 4) is 5.75 Å². The minimum Gasteiger partial charge on any atom is -0.497 e. The first-order chi connectivity index (χ1) is 14.8. The Morgan fingerprint density at radius 3 is 1.42 bits per heavy atom. The fraction of sp³-hybridized carbons (Fsp3) is 0.214. The Morgan fingerprint density at radius 2 is 1.13 bits per heavy atom. The Kier molecular flexibility index (Phi) is 12.6. The highest BCUT2D eigenvalue weighted by atomic mass is 32.1. The summed E-state index contributed by atoms with van der Waals surface area (Å²) in [5.41, 5.74) is 6.24. The van der Waals surface area contributed by atoms with Gasteiger partial charge >= 0.3 is 0 Å². The van der Waals surface area contributed by atoms with Crippen LogP contribution in [-0.4, -0.2) is 7.11 Å². The average Bonchev–Trinajstić information content (AvgIpc) is 3.23. The summed E-state index contributed by atoms with van der Waals surface area (Å²) in [6.07, 6.45) is 0. The molecule has 0 aliphatic rings. The van der Waals surface area contributed by atoms with Crippen molar-refractivity contribution < 1.29 is 9.13 Å². The standard InChI is InChI=1S/C8H10O.C8H10.C7H7F.C5H6S/c1-7-3-5-8(9-2)6-4-7;1-7-3-5-8(2)6-4-7;1-6-3-2-4-7(8)5-6;1-5-2-3-6-4-5/h3-6H,1-2H3;3-6H,1-2H3;2-5H,1H3;2-4H,1H3. The molecule has 3 heteroatoms. The van der Waals surface area contributed by atoms with E-state index in [1.165, 1.54) is 34.4 Å². The van der Waals surface area contributed by atoms with E-state index < -0.39 is 0 Å². The maximum atomic E-state index is 12.2. The molecule has 0 saturated carbocycles. The van der Waals surface area contributed by atoms with Crippen molar-refractivity contribution in [2.45, 2.75) is 34.6 Å². The summed E-state index contributed by atoms with van der Waals surface area (Å²) >= 11 is 1.74. The molecule has 0 atom stereocenters. The third-order valence-electron chi connectivity index (χ3n) is 4.12. The van der Waals surface area contributed by atoms with E-state index in [4.69, 9.17) is 4.74 Å². The van der Waals surface area contributed by atoms with Gasteiger partial charge in [-0.3, -0.25) is 0 Å². The maximum Gasteiger partial charge on any atom is 0.123 e. The van der Waals surface area contributed by atoms with Crippen LogP contribution < -0.4 is 4.74 Å². The molecule has 0 amide bonds. The number of halogens is 1. The van der Waals surface area contributed by atoms with Crippen LogP contribution in [-0.2, 0) is 0 Å². The number of aryl methyl sites for hydroxylation is 5. The normalized spacial score (nSPS) is 9.13. The second-order valence-corrected chi connectivity index (χ2v) is 8.05. The molecule has 4 rings (SSSR count). The molecule has 0 fully saturated rings. The minimum absolute atomic E-state index is 0.162. The van der Waals surface area contributed by atoms with Crippen LogP contribution in [0, 0.1) is 40.4 Å². The van der Waals surface area contributed by atoms with Crippen LogP contribution in [0.4, 0.5) is 4.39 Å². The third-order valence-corrected chi connectivity index (χ3v) is 4.92. The summed E-state index contributed by atoms with van der Waals surface area (Å²) in [5, 5.41) is 4.20. The Morgan fingerprint density at radius 1 is 0.613 bits per heavy atom. The lowest BCUT2D eigenvalue weighted by Gasteiger charge is -1.97. The van der Waals surface area contributed by atoms with E-state index in [9.17, 15) is 4.39 Å². The predicted molar refractivity (Wildman–Crippen MR) is 134 cm³/mol. The van der Waals surface area contributed by atoms with Gasteiger partial charge in [-0.1, -0.05) is 65.2 Å². The van der Waals surface area contributed by atoms with Gasteiger partial charge in [0, 0.05) is 0 Å². The van der Waals surface area contributed by atoms with Gasteiger partial charge in [0.1, 0.15) is 11.6 Å². The smallest absolute Gasteiger partial charge is 0.123 e. The zero-order valence-corrected chi connectivity index (χ0v) is 20.2. The van der Waals surface area contributed by atoms with Crippen LogP contribution in [0.3, 0.4) is 0 Å². The molecule has 0 aliphatic heterocycles. The molecule has 4 aromatic rings. The van der Waals surface area contributed by atoms with Gasteiger partial charge in [0.2, 0.25) is 0 Å². The topological polar surface area (TPSA) is 9.23 Å². The first kappa shape index (κ1) is 26.1. The number of ether oxygens (including phenoxy) is 1. The zero-order chi connectivity index (χ0) is 23.1. The van der Waals surface area contributed by atoms with E-state index in [-0.39, 0.29) is 5.82 Å². The Labute approximate surface area is 191 Å². The monoisotopic (exact) mass is 436 g/mol. The molecule has 164 valence electrons. The first-order valence-corrected chi connectivity index (χ1v) is 11.1. The summed E-state index contributed by atoms with van der Waals surface area (Å²) in [6.45, 7) is 10.2. The number of thiophene rings is 1. The summed E-state index contributed by atoms with van der Waals surface area (Å²) in [4.78, 5) is 0. The molecule has 31 heavy (non-hydrogen) atoms. The second-order valence-electron chi connectivity index (χ2n) is 7.27. The number of rotatable bonds is 1. The fourth-order valence-electron chi connectivity index (χ4n) is 2.25. The number of benzene rings is 3. The van der Waals surface area contributed by atoms with Crippen LogP contribution in [0.5, 0.6) is 5.75 Å². The van der Waals surface area contributed by atoms with Gasteiger partial charge < -0.3 is 4.74 Å². The lowest BCUT2D eigenvalue weighted by Crippen LogP contribution is -1.80. The van der Waals surface area contributed by atoms with Crippen molar-refractivity contribution in [1.82, 2.24) is 0 Å². The average molecular weight is 437 g/mol. The van der Waals surface area contributed by atoms with E-state index in [0.717, 1.165) is 11.3 Å². The highest BCUT2D eigenvalue weighted by Gasteiger charge is 1.86. The van der Waals surface area contributed by atoms with Gasteiger partial charge in [-0.05, 0) is 86.8 Å². The molecule has 0 aliphatic carbocycles. The maximum absolute atomic E-state index is 12.2. The number of hydrogen-bond acceptors (Lipinski definition) is 2. The van der Waals surface area contributed by atoms with Gasteiger partial charge in [-0.25, -0.2) is 4.39 Å². The first-order valence-electron chi connectivity index (χ1n) is 10.1. The summed E-state index contributed by atoms with van der Waals surface area (Å²) in [6, 6.07) is 25.0. The molecular formula is C28H33FOS. The molecule has 0 N–H and O–H groups in total. The SMILES string of the molecule is COc1ccc(C)cc1.Cc1ccc(C)cc1.Cc1cccc(F)c1.Cc1ccsc1. The van der Waals surface area contributed by atoms with Crippen LogP contribution in [0.15, 0.2) is 89.6 Å². The van der Waals surface area contributed by atoms with Gasteiger partial charge in [-0.2, -0.15) is 11.3 Å². The third kappa shape index (κ3) is 13.1. The largest absolute Gasteiger partial charge is 0.497 e. The Hall–Kier alpha value is -2.91. The molecular weight excluding hydrogens is 403 g/mol. The molecule has 0 spiro atoms. The van der Waals surface area contributed by atoms with E-state index in [2.05, 4.69) is 68.8 Å². The van der Waals surface area contributed by atoms with Crippen LogP contribution in [0.2, 0.25) is 0 Å². The van der Waals surface area contributed by atoms with E-state index in [1.54, 1.807) is 24.5 Å². The molecule has 1 nitrogen and oxygen atoms in total. The van der Waals surface area contributed by atoms with Crippen molar-refractivity contribution >= 4 is 11.3 Å². The summed E-state index contributed by atoms with van der Waals surface area (Å²) in [5.74, 6) is 0.755. The number of hydrogen-bond donors (Lipinski definition) is 0. The predicted octanol–water partition coefficient (Wildman–Crippen LogP) is 8.50. The Bertz CT molecular complexity index is 921. The summed E-state index contributed by atoms with van der Waals surface area (Å²) < 4.78 is 17.1. The van der Waals surface area contributed by atoms with E-state index in [0.29, 0.717) is 0 Å². The van der Waals surface area contributed by atoms with Crippen molar-refractivity contribution in [3.05, 3.63) is 123 Å². The molecule has 1 aromatic heterocycles. The minimum atomic E-state index is -0.162. The number of methoxy groups -OCH3 is 1. The summed E-state index contributed by atoms with van der Waals surface area (Å²) in [7, 11) is 1.67. The molecule has 1 heterocycles. The van der Waals surface area contributed by atoms with Crippen molar-refractivity contribution in [2.24, 2.45) is 0 Å². The van der Waals surface area contributed by atoms with Gasteiger partial charge in [0.25, 0.3) is 0 Å². The van der Waals surface area contributed by atoms with Crippen molar-refractivity contribution in [2.75, 3.05) is 7.11 Å². The van der Waals surface area contributed by atoms with E-state index in [1.807, 2.05) is 37.3 Å².